The number of carbonyl (C=O) groups excluding carboxylic acids is 3. The minimum Gasteiger partial charge on any atom is -0.339 e. The van der Waals surface area contributed by atoms with Gasteiger partial charge in [-0.25, -0.2) is 13.9 Å². The van der Waals surface area contributed by atoms with Crippen molar-refractivity contribution in [1.29, 1.82) is 0 Å². The number of nitrogens with zero attached hydrogens (tertiary/aromatic N) is 3. The lowest BCUT2D eigenvalue weighted by Crippen LogP contribution is -2.53. The molecule has 1 aromatic heterocycles. The molecule has 0 bridgehead atoms. The average molecular weight is 648 g/mol. The Bertz CT molecular complexity index is 1750. The van der Waals surface area contributed by atoms with Gasteiger partial charge >= 0.3 is 5.69 Å². The van der Waals surface area contributed by atoms with Crippen LogP contribution in [0.5, 0.6) is 0 Å². The van der Waals surface area contributed by atoms with Gasteiger partial charge in [-0.1, -0.05) is 65.1 Å². The number of nitrogens with two attached hydrogens (primary N) is 1. The van der Waals surface area contributed by atoms with Crippen LogP contribution in [-0.4, -0.2) is 37.6 Å². The first-order valence-corrected chi connectivity index (χ1v) is 13.9. The number of halogens is 4. The molecule has 4 aromatic rings. The maximum Gasteiger partial charge on any atom is 0.347 e. The molecule has 1 atom stereocenters. The van der Waals surface area contributed by atoms with Gasteiger partial charge in [0, 0.05) is 21.7 Å². The van der Waals surface area contributed by atoms with Crippen molar-refractivity contribution >= 4 is 52.5 Å². The molecule has 10 nitrogen and oxygen atoms in total. The van der Waals surface area contributed by atoms with E-state index in [9.17, 15) is 23.6 Å². The van der Waals surface area contributed by atoms with E-state index < -0.39 is 47.4 Å². The van der Waals surface area contributed by atoms with Gasteiger partial charge in [-0.3, -0.25) is 24.3 Å². The molecule has 0 saturated carbocycles. The predicted molar refractivity (Wildman–Crippen MR) is 161 cm³/mol. The Balaban J connectivity index is 1.68. The maximum absolute atomic E-state index is 14.5. The molecule has 0 spiro atoms. The molecule has 0 fully saturated rings. The van der Waals surface area contributed by atoms with Crippen LogP contribution in [0.2, 0.25) is 15.1 Å². The summed E-state index contributed by atoms with van der Waals surface area (Å²) in [4.78, 5) is 52.4. The second-order valence-corrected chi connectivity index (χ2v) is 11.4. The molecule has 0 radical (unpaired) electrons. The van der Waals surface area contributed by atoms with E-state index >= 15 is 0 Å². The van der Waals surface area contributed by atoms with Crippen molar-refractivity contribution in [3.05, 3.63) is 109 Å². The van der Waals surface area contributed by atoms with Crippen molar-refractivity contribution in [3.63, 3.8) is 0 Å². The van der Waals surface area contributed by atoms with E-state index in [0.717, 1.165) is 4.68 Å². The van der Waals surface area contributed by atoms with E-state index in [2.05, 4.69) is 15.7 Å². The SMILES string of the molecule is CC(C)(N)C(=O)NC(=O)C(NC(=O)Cn1nc(-c2ccc(Cl)cc2)n(Cc2ccccc2F)c1=O)c1cccc(Cl)c1Cl. The summed E-state index contributed by atoms with van der Waals surface area (Å²) in [6, 6.07) is 15.4. The van der Waals surface area contributed by atoms with Crippen molar-refractivity contribution in [2.24, 2.45) is 5.73 Å². The molecule has 0 aliphatic heterocycles. The zero-order valence-electron chi connectivity index (χ0n) is 22.9. The second-order valence-electron chi connectivity index (χ2n) is 10.1. The van der Waals surface area contributed by atoms with E-state index in [1.165, 1.54) is 54.8 Å². The number of hydrogen-bond donors (Lipinski definition) is 3. The molecule has 3 aromatic carbocycles. The molecule has 0 aliphatic carbocycles. The third-order valence-electron chi connectivity index (χ3n) is 6.29. The van der Waals surface area contributed by atoms with Gasteiger partial charge in [-0.2, -0.15) is 0 Å². The number of aromatic nitrogens is 3. The Hall–Kier alpha value is -4.03. The summed E-state index contributed by atoms with van der Waals surface area (Å²) in [5.41, 5.74) is 4.49. The van der Waals surface area contributed by atoms with Gasteiger partial charge in [0.15, 0.2) is 5.82 Å². The predicted octanol–water partition coefficient (Wildman–Crippen LogP) is 4.10. The number of amides is 3. The first kappa shape index (κ1) is 31.9. The van der Waals surface area contributed by atoms with Gasteiger partial charge in [0.05, 0.1) is 22.1 Å². The molecule has 14 heteroatoms. The van der Waals surface area contributed by atoms with Gasteiger partial charge in [0.1, 0.15) is 18.4 Å². The summed E-state index contributed by atoms with van der Waals surface area (Å²) in [5, 5.41) is 9.52. The molecule has 3 amide bonds. The molecule has 4 N–H and O–H groups in total. The Morgan fingerprint density at radius 3 is 2.33 bits per heavy atom. The molecule has 224 valence electrons. The molecule has 0 saturated heterocycles. The van der Waals surface area contributed by atoms with E-state index in [4.69, 9.17) is 40.5 Å². The second kappa shape index (κ2) is 13.1. The number of rotatable bonds is 9. The molecule has 4 rings (SSSR count). The quantitative estimate of drug-likeness (QED) is 0.250. The average Bonchev–Trinajstić information content (AvgIpc) is 3.24. The van der Waals surface area contributed by atoms with E-state index in [1.54, 1.807) is 30.3 Å². The van der Waals surface area contributed by atoms with Gasteiger partial charge < -0.3 is 11.1 Å². The highest BCUT2D eigenvalue weighted by Gasteiger charge is 2.31. The number of nitrogens with one attached hydrogen (secondary N) is 2. The van der Waals surface area contributed by atoms with Gasteiger partial charge in [-0.05, 0) is 50.2 Å². The minimum absolute atomic E-state index is 0.0274. The fourth-order valence-corrected chi connectivity index (χ4v) is 4.55. The summed E-state index contributed by atoms with van der Waals surface area (Å²) in [6.07, 6.45) is 0. The fourth-order valence-electron chi connectivity index (χ4n) is 4.01. The van der Waals surface area contributed by atoms with Gasteiger partial charge in [0.25, 0.3) is 5.91 Å². The van der Waals surface area contributed by atoms with Crippen LogP contribution in [-0.2, 0) is 27.5 Å². The van der Waals surface area contributed by atoms with Crippen molar-refractivity contribution < 1.29 is 18.8 Å². The Morgan fingerprint density at radius 2 is 1.67 bits per heavy atom. The Labute approximate surface area is 260 Å². The highest BCUT2D eigenvalue weighted by molar-refractivity contribution is 6.42. The summed E-state index contributed by atoms with van der Waals surface area (Å²) >= 11 is 18.5. The van der Waals surface area contributed by atoms with Gasteiger partial charge in [0.2, 0.25) is 11.8 Å². The van der Waals surface area contributed by atoms with Crippen molar-refractivity contribution in [2.45, 2.75) is 38.5 Å². The Morgan fingerprint density at radius 1 is 1.00 bits per heavy atom. The van der Waals surface area contributed by atoms with Crippen LogP contribution in [0.4, 0.5) is 4.39 Å². The highest BCUT2D eigenvalue weighted by atomic mass is 35.5. The van der Waals surface area contributed by atoms with E-state index in [0.29, 0.717) is 10.6 Å². The summed E-state index contributed by atoms with van der Waals surface area (Å²) in [5.74, 6) is -2.92. The maximum atomic E-state index is 14.5. The van der Waals surface area contributed by atoms with Crippen molar-refractivity contribution in [2.75, 3.05) is 0 Å². The van der Waals surface area contributed by atoms with Crippen LogP contribution < -0.4 is 22.1 Å². The number of imide groups is 1. The summed E-state index contributed by atoms with van der Waals surface area (Å²) in [7, 11) is 0. The van der Waals surface area contributed by atoms with Crippen LogP contribution in [0.15, 0.2) is 71.5 Å². The molecule has 1 unspecified atom stereocenters. The number of hydrogen-bond acceptors (Lipinski definition) is 6. The van der Waals surface area contributed by atoms with E-state index in [1.807, 2.05) is 0 Å². The topological polar surface area (TPSA) is 141 Å². The van der Waals surface area contributed by atoms with Crippen LogP contribution in [0, 0.1) is 5.82 Å². The highest BCUT2D eigenvalue weighted by Crippen LogP contribution is 2.30. The molecule has 1 heterocycles. The zero-order chi connectivity index (χ0) is 31.5. The monoisotopic (exact) mass is 646 g/mol. The first-order chi connectivity index (χ1) is 20.3. The largest absolute Gasteiger partial charge is 0.347 e. The lowest BCUT2D eigenvalue weighted by atomic mass is 10.0. The number of benzene rings is 3. The van der Waals surface area contributed by atoms with Crippen LogP contribution in [0.3, 0.4) is 0 Å². The van der Waals surface area contributed by atoms with E-state index in [-0.39, 0.29) is 33.5 Å². The zero-order valence-corrected chi connectivity index (χ0v) is 25.2. The summed E-state index contributed by atoms with van der Waals surface area (Å²) < 4.78 is 16.6. The van der Waals surface area contributed by atoms with Crippen molar-refractivity contribution in [1.82, 2.24) is 25.0 Å². The third kappa shape index (κ3) is 7.49. The smallest absolute Gasteiger partial charge is 0.339 e. The van der Waals surface area contributed by atoms with Crippen LogP contribution in [0.25, 0.3) is 11.4 Å². The molecule has 43 heavy (non-hydrogen) atoms. The van der Waals surface area contributed by atoms with Crippen LogP contribution in [0.1, 0.15) is 31.0 Å². The molecular weight excluding hydrogens is 622 g/mol. The van der Waals surface area contributed by atoms with Gasteiger partial charge in [-0.15, -0.1) is 5.10 Å². The third-order valence-corrected chi connectivity index (χ3v) is 7.37. The minimum atomic E-state index is -1.49. The normalized spacial score (nSPS) is 12.1. The number of carbonyl (C=O) groups is 3. The molecule has 0 aliphatic rings. The van der Waals surface area contributed by atoms with Crippen LogP contribution >= 0.6 is 34.8 Å². The standard InChI is InChI=1S/C29H26Cl3FN6O4/c1-29(2,34)27(42)36-26(41)24(19-7-5-8-20(31)23(19)32)35-22(40)15-39-28(43)38(14-17-6-3-4-9-21(17)33)25(37-39)16-10-12-18(30)13-11-16/h3-13,24H,14-15,34H2,1-2H3,(H,35,40)(H,36,41,42). The van der Waals surface area contributed by atoms with Crippen molar-refractivity contribution in [3.8, 4) is 11.4 Å². The fraction of sp³-hybridized carbons (Fsp3) is 0.207. The Kier molecular flexibility index (Phi) is 9.71. The first-order valence-electron chi connectivity index (χ1n) is 12.8. The lowest BCUT2D eigenvalue weighted by Gasteiger charge is -2.22. The lowest BCUT2D eigenvalue weighted by molar-refractivity contribution is -0.136. The molecular formula is C29H26Cl3FN6O4. The summed E-state index contributed by atoms with van der Waals surface area (Å²) in [6.45, 7) is 1.99.